The molecule has 1 heterocycles. The second-order valence-electron chi connectivity index (χ2n) is 4.11. The van der Waals surface area contributed by atoms with Crippen LogP contribution in [0, 0.1) is 12.8 Å². The second kappa shape index (κ2) is 5.58. The SMILES string of the molecule is CCCc1cc(C)nc(CC(C)C(=O)O)n1. The number of carbonyl (C=O) groups is 1. The molecule has 0 saturated carbocycles. The molecule has 0 saturated heterocycles. The monoisotopic (exact) mass is 222 g/mol. The molecule has 1 N–H and O–H groups in total. The summed E-state index contributed by atoms with van der Waals surface area (Å²) in [4.78, 5) is 19.4. The first kappa shape index (κ1) is 12.6. The first-order valence-corrected chi connectivity index (χ1v) is 5.59. The Balaban J connectivity index is 2.83. The van der Waals surface area contributed by atoms with Gasteiger partial charge in [0, 0.05) is 17.8 Å². The summed E-state index contributed by atoms with van der Waals surface area (Å²) in [5.41, 5.74) is 1.91. The number of hydrogen-bond acceptors (Lipinski definition) is 3. The van der Waals surface area contributed by atoms with Crippen molar-refractivity contribution in [2.24, 2.45) is 5.92 Å². The highest BCUT2D eigenvalue weighted by atomic mass is 16.4. The van der Waals surface area contributed by atoms with Crippen molar-refractivity contribution < 1.29 is 9.90 Å². The van der Waals surface area contributed by atoms with E-state index in [9.17, 15) is 4.79 Å². The minimum absolute atomic E-state index is 0.397. The molecule has 1 rings (SSSR count). The molecule has 4 heteroatoms. The molecular formula is C12H18N2O2. The summed E-state index contributed by atoms with van der Waals surface area (Å²) in [6.07, 6.45) is 2.34. The van der Waals surface area contributed by atoms with Crippen molar-refractivity contribution in [2.75, 3.05) is 0 Å². The van der Waals surface area contributed by atoms with E-state index in [2.05, 4.69) is 16.9 Å². The Bertz CT molecular complexity index is 377. The van der Waals surface area contributed by atoms with Gasteiger partial charge >= 0.3 is 5.97 Å². The molecule has 0 spiro atoms. The third-order valence-corrected chi connectivity index (χ3v) is 2.37. The molecular weight excluding hydrogens is 204 g/mol. The molecule has 1 aromatic rings. The van der Waals surface area contributed by atoms with E-state index in [0.717, 1.165) is 24.2 Å². The topological polar surface area (TPSA) is 63.1 Å². The minimum atomic E-state index is -0.804. The van der Waals surface area contributed by atoms with Crippen molar-refractivity contribution in [1.82, 2.24) is 9.97 Å². The number of carboxylic acid groups (broad SMARTS) is 1. The number of aryl methyl sites for hydroxylation is 2. The number of nitrogens with zero attached hydrogens (tertiary/aromatic N) is 2. The summed E-state index contributed by atoms with van der Waals surface area (Å²) in [6.45, 7) is 5.68. The summed E-state index contributed by atoms with van der Waals surface area (Å²) >= 11 is 0. The summed E-state index contributed by atoms with van der Waals surface area (Å²) in [6, 6.07) is 1.96. The molecule has 0 aromatic carbocycles. The lowest BCUT2D eigenvalue weighted by atomic mass is 10.1. The average Bonchev–Trinajstić information content (AvgIpc) is 2.16. The van der Waals surface area contributed by atoms with Crippen molar-refractivity contribution in [2.45, 2.75) is 40.0 Å². The predicted molar refractivity (Wildman–Crippen MR) is 61.3 cm³/mol. The van der Waals surface area contributed by atoms with Gasteiger partial charge in [0.2, 0.25) is 0 Å². The van der Waals surface area contributed by atoms with E-state index in [1.165, 1.54) is 0 Å². The highest BCUT2D eigenvalue weighted by Crippen LogP contribution is 2.08. The Hall–Kier alpha value is -1.45. The Morgan fingerprint density at radius 3 is 2.75 bits per heavy atom. The molecule has 1 atom stereocenters. The van der Waals surface area contributed by atoms with Gasteiger partial charge in [0.25, 0.3) is 0 Å². The highest BCUT2D eigenvalue weighted by Gasteiger charge is 2.14. The van der Waals surface area contributed by atoms with Crippen LogP contribution in [0.3, 0.4) is 0 Å². The van der Waals surface area contributed by atoms with Crippen LogP contribution >= 0.6 is 0 Å². The molecule has 88 valence electrons. The third-order valence-electron chi connectivity index (χ3n) is 2.37. The van der Waals surface area contributed by atoms with Gasteiger partial charge in [0.15, 0.2) is 0 Å². The molecule has 0 aliphatic heterocycles. The van der Waals surface area contributed by atoms with Gasteiger partial charge < -0.3 is 5.11 Å². The van der Waals surface area contributed by atoms with Crippen molar-refractivity contribution in [1.29, 1.82) is 0 Å². The average molecular weight is 222 g/mol. The number of rotatable bonds is 5. The van der Waals surface area contributed by atoms with Gasteiger partial charge in [-0.25, -0.2) is 9.97 Å². The standard InChI is InChI=1S/C12H18N2O2/c1-4-5-10-7-9(3)13-11(14-10)6-8(2)12(15)16/h7-8H,4-6H2,1-3H3,(H,15,16). The van der Waals surface area contributed by atoms with Gasteiger partial charge in [-0.3, -0.25) is 4.79 Å². The first-order valence-electron chi connectivity index (χ1n) is 5.59. The summed E-state index contributed by atoms with van der Waals surface area (Å²) < 4.78 is 0. The van der Waals surface area contributed by atoms with Crippen LogP contribution in [0.2, 0.25) is 0 Å². The lowest BCUT2D eigenvalue weighted by Crippen LogP contribution is -2.15. The van der Waals surface area contributed by atoms with Gasteiger partial charge in [0.05, 0.1) is 5.92 Å². The van der Waals surface area contributed by atoms with Crippen molar-refractivity contribution in [3.63, 3.8) is 0 Å². The van der Waals surface area contributed by atoms with Gasteiger partial charge in [0.1, 0.15) is 5.82 Å². The summed E-state index contributed by atoms with van der Waals surface area (Å²) in [5.74, 6) is -0.600. The van der Waals surface area contributed by atoms with Crippen LogP contribution in [0.5, 0.6) is 0 Å². The van der Waals surface area contributed by atoms with Crippen LogP contribution in [-0.4, -0.2) is 21.0 Å². The van der Waals surface area contributed by atoms with Crippen LogP contribution in [0.25, 0.3) is 0 Å². The van der Waals surface area contributed by atoms with E-state index < -0.39 is 11.9 Å². The van der Waals surface area contributed by atoms with Crippen LogP contribution in [0.1, 0.15) is 37.5 Å². The third kappa shape index (κ3) is 3.61. The normalized spacial score (nSPS) is 12.4. The predicted octanol–water partition coefficient (Wildman–Crippen LogP) is 2.00. The smallest absolute Gasteiger partial charge is 0.306 e. The Morgan fingerprint density at radius 1 is 1.50 bits per heavy atom. The van der Waals surface area contributed by atoms with Crippen molar-refractivity contribution in [3.05, 3.63) is 23.3 Å². The molecule has 4 nitrogen and oxygen atoms in total. The summed E-state index contributed by atoms with van der Waals surface area (Å²) in [7, 11) is 0. The molecule has 0 amide bonds. The maximum absolute atomic E-state index is 10.7. The highest BCUT2D eigenvalue weighted by molar-refractivity contribution is 5.69. The van der Waals surface area contributed by atoms with Crippen LogP contribution in [0.4, 0.5) is 0 Å². The van der Waals surface area contributed by atoms with E-state index >= 15 is 0 Å². The van der Waals surface area contributed by atoms with E-state index in [1.54, 1.807) is 6.92 Å². The van der Waals surface area contributed by atoms with Gasteiger partial charge in [-0.1, -0.05) is 20.3 Å². The zero-order valence-electron chi connectivity index (χ0n) is 10.0. The van der Waals surface area contributed by atoms with E-state index in [1.807, 2.05) is 13.0 Å². The Kier molecular flexibility index (Phi) is 4.40. The second-order valence-corrected chi connectivity index (χ2v) is 4.11. The number of hydrogen-bond donors (Lipinski definition) is 1. The van der Waals surface area contributed by atoms with Crippen LogP contribution < -0.4 is 0 Å². The van der Waals surface area contributed by atoms with E-state index in [0.29, 0.717) is 12.2 Å². The fourth-order valence-electron chi connectivity index (χ4n) is 1.54. The van der Waals surface area contributed by atoms with Crippen molar-refractivity contribution >= 4 is 5.97 Å². The molecule has 0 radical (unpaired) electrons. The molecule has 0 bridgehead atoms. The molecule has 0 aliphatic carbocycles. The molecule has 1 unspecified atom stereocenters. The Labute approximate surface area is 95.7 Å². The maximum Gasteiger partial charge on any atom is 0.306 e. The van der Waals surface area contributed by atoms with Crippen LogP contribution in [0.15, 0.2) is 6.07 Å². The molecule has 1 aromatic heterocycles. The molecule has 0 aliphatic rings. The van der Waals surface area contributed by atoms with E-state index in [4.69, 9.17) is 5.11 Å². The van der Waals surface area contributed by atoms with Crippen molar-refractivity contribution in [3.8, 4) is 0 Å². The molecule has 0 fully saturated rings. The Morgan fingerprint density at radius 2 is 2.19 bits per heavy atom. The lowest BCUT2D eigenvalue weighted by molar-refractivity contribution is -0.141. The fourth-order valence-corrected chi connectivity index (χ4v) is 1.54. The maximum atomic E-state index is 10.7. The number of carboxylic acids is 1. The molecule has 16 heavy (non-hydrogen) atoms. The fraction of sp³-hybridized carbons (Fsp3) is 0.583. The minimum Gasteiger partial charge on any atom is -0.481 e. The quantitative estimate of drug-likeness (QED) is 0.827. The first-order chi connectivity index (χ1) is 7.52. The zero-order chi connectivity index (χ0) is 12.1. The zero-order valence-corrected chi connectivity index (χ0v) is 10.0. The van der Waals surface area contributed by atoms with Gasteiger partial charge in [-0.15, -0.1) is 0 Å². The number of aliphatic carboxylic acids is 1. The largest absolute Gasteiger partial charge is 0.481 e. The van der Waals surface area contributed by atoms with E-state index in [-0.39, 0.29) is 0 Å². The summed E-state index contributed by atoms with van der Waals surface area (Å²) in [5, 5.41) is 8.83. The van der Waals surface area contributed by atoms with Gasteiger partial charge in [-0.2, -0.15) is 0 Å². The lowest BCUT2D eigenvalue weighted by Gasteiger charge is -2.07. The van der Waals surface area contributed by atoms with Gasteiger partial charge in [-0.05, 0) is 19.4 Å². The number of aromatic nitrogens is 2. The van der Waals surface area contributed by atoms with Crippen LogP contribution in [-0.2, 0) is 17.6 Å².